The van der Waals surface area contributed by atoms with E-state index in [2.05, 4.69) is 21.2 Å². The minimum absolute atomic E-state index is 0.372. The molecule has 0 radical (unpaired) electrons. The molecule has 1 N–H and O–H groups in total. The van der Waals surface area contributed by atoms with E-state index in [1.807, 2.05) is 43.3 Å². The predicted molar refractivity (Wildman–Crippen MR) is 98.5 cm³/mol. The molecule has 2 rings (SSSR count). The van der Waals surface area contributed by atoms with Gasteiger partial charge in [-0.1, -0.05) is 45.8 Å². The minimum Gasteiger partial charge on any atom is -0.449 e. The highest BCUT2D eigenvalue weighted by Gasteiger charge is 2.16. The number of rotatable bonds is 5. The van der Waals surface area contributed by atoms with Crippen LogP contribution in [0.1, 0.15) is 18.1 Å². The Kier molecular flexibility index (Phi) is 6.32. The molecule has 124 valence electrons. The highest BCUT2D eigenvalue weighted by atomic mass is 79.9. The fourth-order valence-electron chi connectivity index (χ4n) is 1.92. The zero-order chi connectivity index (χ0) is 17.5. The lowest BCUT2D eigenvalue weighted by Crippen LogP contribution is -2.29. The monoisotopic (exact) mass is 387 g/mol. The van der Waals surface area contributed by atoms with Crippen molar-refractivity contribution >= 4 is 39.6 Å². The smallest absolute Gasteiger partial charge is 0.331 e. The molecule has 0 aliphatic heterocycles. The Morgan fingerprint density at radius 1 is 1.17 bits per heavy atom. The van der Waals surface area contributed by atoms with Gasteiger partial charge in [0.15, 0.2) is 6.10 Å². The van der Waals surface area contributed by atoms with Crippen LogP contribution < -0.4 is 5.32 Å². The number of ether oxygens (including phenoxy) is 1. The zero-order valence-corrected chi connectivity index (χ0v) is 15.0. The van der Waals surface area contributed by atoms with Gasteiger partial charge in [0.05, 0.1) is 0 Å². The molecule has 1 atom stereocenters. The van der Waals surface area contributed by atoms with Gasteiger partial charge in [-0.2, -0.15) is 0 Å². The summed E-state index contributed by atoms with van der Waals surface area (Å²) in [6, 6.07) is 14.9. The van der Waals surface area contributed by atoms with Gasteiger partial charge in [-0.05, 0) is 49.8 Å². The molecule has 0 saturated heterocycles. The van der Waals surface area contributed by atoms with E-state index in [-0.39, 0.29) is 5.91 Å². The van der Waals surface area contributed by atoms with Crippen LogP contribution in [0.25, 0.3) is 6.08 Å². The van der Waals surface area contributed by atoms with Gasteiger partial charge >= 0.3 is 5.97 Å². The van der Waals surface area contributed by atoms with Crippen molar-refractivity contribution in [3.63, 3.8) is 0 Å². The van der Waals surface area contributed by atoms with E-state index in [1.54, 1.807) is 18.2 Å². The molecule has 24 heavy (non-hydrogen) atoms. The molecule has 1 amide bonds. The summed E-state index contributed by atoms with van der Waals surface area (Å²) in [5.74, 6) is -0.940. The van der Waals surface area contributed by atoms with E-state index in [4.69, 9.17) is 4.74 Å². The summed E-state index contributed by atoms with van der Waals surface area (Å²) in [4.78, 5) is 23.8. The summed E-state index contributed by atoms with van der Waals surface area (Å²) in [5, 5.41) is 2.71. The highest BCUT2D eigenvalue weighted by molar-refractivity contribution is 9.10. The normalized spacial score (nSPS) is 12.0. The number of anilines is 1. The average molecular weight is 388 g/mol. The molecule has 2 aromatic rings. The second-order valence-corrected chi connectivity index (χ2v) is 6.24. The lowest BCUT2D eigenvalue weighted by atomic mass is 10.2. The quantitative estimate of drug-likeness (QED) is 0.613. The first-order valence-electron chi connectivity index (χ1n) is 7.46. The number of nitrogens with one attached hydrogen (secondary N) is 1. The van der Waals surface area contributed by atoms with Gasteiger partial charge in [0, 0.05) is 16.2 Å². The van der Waals surface area contributed by atoms with Crippen molar-refractivity contribution < 1.29 is 14.3 Å². The Morgan fingerprint density at radius 2 is 1.88 bits per heavy atom. The number of halogens is 1. The number of esters is 1. The fraction of sp³-hybridized carbons (Fsp3) is 0.158. The maximum Gasteiger partial charge on any atom is 0.331 e. The van der Waals surface area contributed by atoms with Crippen LogP contribution in [0.2, 0.25) is 0 Å². The molecule has 0 aromatic heterocycles. The Hall–Kier alpha value is -2.40. The number of carbonyl (C=O) groups is 2. The van der Waals surface area contributed by atoms with Crippen LogP contribution in [0.4, 0.5) is 5.69 Å². The number of hydrogen-bond donors (Lipinski definition) is 1. The van der Waals surface area contributed by atoms with E-state index in [0.29, 0.717) is 5.69 Å². The Labute approximate surface area is 149 Å². The Morgan fingerprint density at radius 3 is 2.54 bits per heavy atom. The van der Waals surface area contributed by atoms with Crippen molar-refractivity contribution in [3.05, 3.63) is 70.2 Å². The number of carbonyl (C=O) groups excluding carboxylic acids is 2. The summed E-state index contributed by atoms with van der Waals surface area (Å²) in [6.45, 7) is 3.50. The standard InChI is InChI=1S/C19H18BrNO3/c1-13-6-9-17(10-7-13)21-19(23)14(2)24-18(22)11-8-15-4-3-5-16(20)12-15/h3-12,14H,1-2H3,(H,21,23)/b11-8+. The van der Waals surface area contributed by atoms with Gasteiger partial charge in [0.1, 0.15) is 0 Å². The van der Waals surface area contributed by atoms with Crippen molar-refractivity contribution in [1.82, 2.24) is 0 Å². The number of aryl methyl sites for hydroxylation is 1. The molecule has 0 bridgehead atoms. The van der Waals surface area contributed by atoms with Crippen LogP contribution >= 0.6 is 15.9 Å². The molecule has 0 fully saturated rings. The topological polar surface area (TPSA) is 55.4 Å². The second-order valence-electron chi connectivity index (χ2n) is 5.32. The summed E-state index contributed by atoms with van der Waals surface area (Å²) in [6.07, 6.45) is 2.06. The number of benzene rings is 2. The Bertz CT molecular complexity index is 753. The summed E-state index contributed by atoms with van der Waals surface area (Å²) in [7, 11) is 0. The molecule has 2 aromatic carbocycles. The van der Waals surface area contributed by atoms with Crippen LogP contribution in [0.15, 0.2) is 59.1 Å². The van der Waals surface area contributed by atoms with Crippen LogP contribution in [0, 0.1) is 6.92 Å². The van der Waals surface area contributed by atoms with Gasteiger partial charge in [-0.25, -0.2) is 4.79 Å². The van der Waals surface area contributed by atoms with E-state index in [1.165, 1.54) is 13.0 Å². The first-order valence-corrected chi connectivity index (χ1v) is 8.25. The van der Waals surface area contributed by atoms with Crippen LogP contribution in [-0.4, -0.2) is 18.0 Å². The lowest BCUT2D eigenvalue weighted by molar-refractivity contribution is -0.148. The van der Waals surface area contributed by atoms with Crippen molar-refractivity contribution in [2.24, 2.45) is 0 Å². The second kappa shape index (κ2) is 8.45. The van der Waals surface area contributed by atoms with Crippen LogP contribution in [0.5, 0.6) is 0 Å². The lowest BCUT2D eigenvalue weighted by Gasteiger charge is -2.12. The van der Waals surface area contributed by atoms with E-state index in [0.717, 1.165) is 15.6 Å². The molecule has 0 aliphatic carbocycles. The molecule has 1 unspecified atom stereocenters. The third-order valence-corrected chi connectivity index (χ3v) is 3.74. The highest BCUT2D eigenvalue weighted by Crippen LogP contribution is 2.13. The Balaban J connectivity index is 1.88. The zero-order valence-electron chi connectivity index (χ0n) is 13.5. The molecule has 0 heterocycles. The van der Waals surface area contributed by atoms with Crippen LogP contribution in [-0.2, 0) is 14.3 Å². The van der Waals surface area contributed by atoms with Gasteiger partial charge in [0.2, 0.25) is 0 Å². The van der Waals surface area contributed by atoms with Gasteiger partial charge in [-0.15, -0.1) is 0 Å². The van der Waals surface area contributed by atoms with Crippen molar-refractivity contribution in [3.8, 4) is 0 Å². The van der Waals surface area contributed by atoms with Crippen molar-refractivity contribution in [2.75, 3.05) is 5.32 Å². The molecule has 5 heteroatoms. The minimum atomic E-state index is -0.883. The van der Waals surface area contributed by atoms with Crippen molar-refractivity contribution in [1.29, 1.82) is 0 Å². The van der Waals surface area contributed by atoms with Gasteiger partial charge in [0.25, 0.3) is 5.91 Å². The summed E-state index contributed by atoms with van der Waals surface area (Å²) < 4.78 is 6.03. The maximum atomic E-state index is 12.0. The molecule has 0 aliphatic rings. The largest absolute Gasteiger partial charge is 0.449 e. The first kappa shape index (κ1) is 17.9. The van der Waals surface area contributed by atoms with E-state index in [9.17, 15) is 9.59 Å². The molecule has 4 nitrogen and oxygen atoms in total. The molecule has 0 saturated carbocycles. The van der Waals surface area contributed by atoms with E-state index < -0.39 is 12.1 Å². The van der Waals surface area contributed by atoms with Crippen LogP contribution in [0.3, 0.4) is 0 Å². The van der Waals surface area contributed by atoms with Gasteiger partial charge < -0.3 is 10.1 Å². The molecular weight excluding hydrogens is 370 g/mol. The third-order valence-electron chi connectivity index (χ3n) is 3.24. The maximum absolute atomic E-state index is 12.0. The van der Waals surface area contributed by atoms with E-state index >= 15 is 0 Å². The third kappa shape index (κ3) is 5.66. The predicted octanol–water partition coefficient (Wildman–Crippen LogP) is 4.34. The number of amides is 1. The average Bonchev–Trinajstić information content (AvgIpc) is 2.55. The first-order chi connectivity index (χ1) is 11.4. The molecular formula is C19H18BrNO3. The molecule has 0 spiro atoms. The summed E-state index contributed by atoms with van der Waals surface area (Å²) >= 11 is 3.36. The SMILES string of the molecule is Cc1ccc(NC(=O)C(C)OC(=O)/C=C/c2cccc(Br)c2)cc1. The number of hydrogen-bond acceptors (Lipinski definition) is 3. The van der Waals surface area contributed by atoms with Crippen molar-refractivity contribution in [2.45, 2.75) is 20.0 Å². The fourth-order valence-corrected chi connectivity index (χ4v) is 2.34. The summed E-state index contributed by atoms with van der Waals surface area (Å²) in [5.41, 5.74) is 2.63. The van der Waals surface area contributed by atoms with Gasteiger partial charge in [-0.3, -0.25) is 4.79 Å².